The highest BCUT2D eigenvalue weighted by Gasteiger charge is 2.56. The van der Waals surface area contributed by atoms with Gasteiger partial charge in [-0.05, 0) is 38.3 Å². The van der Waals surface area contributed by atoms with Gasteiger partial charge in [0.05, 0.1) is 0 Å². The molecule has 0 bridgehead atoms. The van der Waals surface area contributed by atoms with Gasteiger partial charge in [0.15, 0.2) is 0 Å². The van der Waals surface area contributed by atoms with E-state index in [-0.39, 0.29) is 5.41 Å². The average molecular weight is 254 g/mol. The molecule has 1 aliphatic heterocycles. The van der Waals surface area contributed by atoms with Crippen LogP contribution in [0.4, 0.5) is 4.79 Å². The van der Waals surface area contributed by atoms with Crippen molar-refractivity contribution < 1.29 is 9.90 Å². The number of amides is 1. The van der Waals surface area contributed by atoms with Gasteiger partial charge in [-0.2, -0.15) is 0 Å². The molecule has 1 saturated heterocycles. The van der Waals surface area contributed by atoms with Crippen molar-refractivity contribution in [2.75, 3.05) is 27.2 Å². The third-order valence-corrected chi connectivity index (χ3v) is 4.60. The molecule has 1 atom stereocenters. The SMILES string of the molecule is CN(C)C(C1CC2(C1)CN(C(=O)O)C2)C(C)(C)C. The van der Waals surface area contributed by atoms with Gasteiger partial charge >= 0.3 is 6.09 Å². The quantitative estimate of drug-likeness (QED) is 0.822. The minimum absolute atomic E-state index is 0.284. The first-order valence-corrected chi connectivity index (χ1v) is 6.79. The highest BCUT2D eigenvalue weighted by Crippen LogP contribution is 2.55. The molecule has 2 rings (SSSR count). The van der Waals surface area contributed by atoms with E-state index in [1.54, 1.807) is 0 Å². The van der Waals surface area contributed by atoms with Gasteiger partial charge < -0.3 is 14.9 Å². The van der Waals surface area contributed by atoms with Crippen LogP contribution in [0.3, 0.4) is 0 Å². The van der Waals surface area contributed by atoms with Crippen LogP contribution >= 0.6 is 0 Å². The summed E-state index contributed by atoms with van der Waals surface area (Å²) in [5.41, 5.74) is 0.606. The standard InChI is InChI=1S/C14H26N2O2/c1-13(2,3)11(15(4)5)10-6-14(7-10)8-16(9-14)12(17)18/h10-11H,6-9H2,1-5H3,(H,17,18). The van der Waals surface area contributed by atoms with E-state index in [1.165, 1.54) is 17.7 Å². The Morgan fingerprint density at radius 2 is 1.83 bits per heavy atom. The number of hydrogen-bond acceptors (Lipinski definition) is 2. The lowest BCUT2D eigenvalue weighted by molar-refractivity contribution is -0.113. The Morgan fingerprint density at radius 3 is 2.17 bits per heavy atom. The van der Waals surface area contributed by atoms with Gasteiger partial charge in [-0.3, -0.25) is 0 Å². The van der Waals surface area contributed by atoms with Crippen molar-refractivity contribution in [3.8, 4) is 0 Å². The van der Waals surface area contributed by atoms with Crippen LogP contribution in [0.1, 0.15) is 33.6 Å². The Kier molecular flexibility index (Phi) is 3.13. The molecule has 0 aromatic rings. The van der Waals surface area contributed by atoms with Crippen molar-refractivity contribution >= 4 is 6.09 Å². The molecule has 0 aromatic carbocycles. The molecule has 1 aliphatic carbocycles. The first-order chi connectivity index (χ1) is 8.15. The number of carbonyl (C=O) groups is 1. The molecule has 0 radical (unpaired) electrons. The van der Waals surface area contributed by atoms with E-state index in [0.717, 1.165) is 19.0 Å². The molecule has 2 fully saturated rings. The van der Waals surface area contributed by atoms with Crippen LogP contribution in [0, 0.1) is 16.7 Å². The van der Waals surface area contributed by atoms with E-state index < -0.39 is 6.09 Å². The molecule has 4 heteroatoms. The maximum Gasteiger partial charge on any atom is 0.407 e. The third kappa shape index (κ3) is 2.22. The van der Waals surface area contributed by atoms with Crippen molar-refractivity contribution in [1.29, 1.82) is 0 Å². The van der Waals surface area contributed by atoms with Gasteiger partial charge in [0, 0.05) is 24.5 Å². The van der Waals surface area contributed by atoms with E-state index in [0.29, 0.717) is 11.5 Å². The zero-order chi connectivity index (χ0) is 13.7. The predicted molar refractivity (Wildman–Crippen MR) is 71.7 cm³/mol. The Morgan fingerprint density at radius 1 is 1.33 bits per heavy atom. The zero-order valence-electron chi connectivity index (χ0n) is 12.2. The van der Waals surface area contributed by atoms with Gasteiger partial charge in [0.2, 0.25) is 0 Å². The number of hydrogen-bond donors (Lipinski definition) is 1. The first kappa shape index (κ1) is 13.7. The molecule has 4 nitrogen and oxygen atoms in total. The van der Waals surface area contributed by atoms with Crippen molar-refractivity contribution in [3.63, 3.8) is 0 Å². The minimum atomic E-state index is -0.760. The summed E-state index contributed by atoms with van der Waals surface area (Å²) in [5.74, 6) is 0.718. The molecule has 1 spiro atoms. The van der Waals surface area contributed by atoms with Gasteiger partial charge in [0.25, 0.3) is 0 Å². The second-order valence-electron chi connectivity index (χ2n) is 7.58. The minimum Gasteiger partial charge on any atom is -0.465 e. The lowest BCUT2D eigenvalue weighted by Crippen LogP contribution is -2.66. The normalized spacial score (nSPS) is 24.9. The summed E-state index contributed by atoms with van der Waals surface area (Å²) in [5, 5.41) is 8.90. The van der Waals surface area contributed by atoms with Crippen LogP contribution < -0.4 is 0 Å². The van der Waals surface area contributed by atoms with Crippen molar-refractivity contribution in [2.45, 2.75) is 39.7 Å². The molecular weight excluding hydrogens is 228 g/mol. The monoisotopic (exact) mass is 254 g/mol. The smallest absolute Gasteiger partial charge is 0.407 e. The lowest BCUT2D eigenvalue weighted by Gasteiger charge is -2.61. The van der Waals surface area contributed by atoms with E-state index >= 15 is 0 Å². The molecular formula is C14H26N2O2. The summed E-state index contributed by atoms with van der Waals surface area (Å²) in [7, 11) is 4.32. The molecule has 0 aromatic heterocycles. The second kappa shape index (κ2) is 4.12. The topological polar surface area (TPSA) is 43.8 Å². The van der Waals surface area contributed by atoms with E-state index in [2.05, 4.69) is 39.8 Å². The van der Waals surface area contributed by atoms with E-state index in [1.807, 2.05) is 0 Å². The summed E-state index contributed by atoms with van der Waals surface area (Å²) in [4.78, 5) is 14.7. The molecule has 1 heterocycles. The summed E-state index contributed by atoms with van der Waals surface area (Å²) >= 11 is 0. The maximum absolute atomic E-state index is 10.8. The molecule has 18 heavy (non-hydrogen) atoms. The van der Waals surface area contributed by atoms with Crippen LogP contribution in [0.5, 0.6) is 0 Å². The first-order valence-electron chi connectivity index (χ1n) is 6.79. The predicted octanol–water partition coefficient (Wildman–Crippen LogP) is 2.35. The highest BCUT2D eigenvalue weighted by atomic mass is 16.4. The number of nitrogens with zero attached hydrogens (tertiary/aromatic N) is 2. The average Bonchev–Trinajstić information content (AvgIpc) is 2.01. The molecule has 1 unspecified atom stereocenters. The molecule has 1 saturated carbocycles. The zero-order valence-corrected chi connectivity index (χ0v) is 12.2. The fourth-order valence-corrected chi connectivity index (χ4v) is 4.34. The van der Waals surface area contributed by atoms with Gasteiger partial charge in [0.1, 0.15) is 0 Å². The molecule has 104 valence electrons. The Balaban J connectivity index is 1.91. The molecule has 1 amide bonds. The van der Waals surface area contributed by atoms with Crippen LogP contribution in [-0.4, -0.2) is 54.2 Å². The fourth-order valence-electron chi connectivity index (χ4n) is 4.34. The van der Waals surface area contributed by atoms with E-state index in [4.69, 9.17) is 5.11 Å². The van der Waals surface area contributed by atoms with Crippen LogP contribution in [0.2, 0.25) is 0 Å². The molecule has 1 N–H and O–H groups in total. The van der Waals surface area contributed by atoms with Crippen LogP contribution in [0.25, 0.3) is 0 Å². The lowest BCUT2D eigenvalue weighted by atomic mass is 9.53. The fraction of sp³-hybridized carbons (Fsp3) is 0.929. The Bertz CT molecular complexity index is 332. The van der Waals surface area contributed by atoms with Gasteiger partial charge in [-0.15, -0.1) is 0 Å². The van der Waals surface area contributed by atoms with Crippen LogP contribution in [-0.2, 0) is 0 Å². The third-order valence-electron chi connectivity index (χ3n) is 4.60. The van der Waals surface area contributed by atoms with Gasteiger partial charge in [-0.1, -0.05) is 20.8 Å². The largest absolute Gasteiger partial charge is 0.465 e. The summed E-state index contributed by atoms with van der Waals surface area (Å²) in [6.45, 7) is 8.40. The summed E-state index contributed by atoms with van der Waals surface area (Å²) in [6, 6.07) is 0.585. The van der Waals surface area contributed by atoms with Crippen molar-refractivity contribution in [3.05, 3.63) is 0 Å². The van der Waals surface area contributed by atoms with E-state index in [9.17, 15) is 4.79 Å². The number of rotatable bonds is 2. The van der Waals surface area contributed by atoms with Crippen molar-refractivity contribution in [1.82, 2.24) is 9.80 Å². The van der Waals surface area contributed by atoms with Gasteiger partial charge in [-0.25, -0.2) is 4.79 Å². The number of carboxylic acid groups (broad SMARTS) is 1. The second-order valence-corrected chi connectivity index (χ2v) is 7.58. The summed E-state index contributed by atoms with van der Waals surface area (Å²) < 4.78 is 0. The molecule has 2 aliphatic rings. The van der Waals surface area contributed by atoms with Crippen molar-refractivity contribution in [2.24, 2.45) is 16.7 Å². The Labute approximate surface area is 110 Å². The van der Waals surface area contributed by atoms with Crippen LogP contribution in [0.15, 0.2) is 0 Å². The number of likely N-dealkylation sites (tertiary alicyclic amines) is 1. The highest BCUT2D eigenvalue weighted by molar-refractivity contribution is 5.66. The summed E-state index contributed by atoms with van der Waals surface area (Å²) in [6.07, 6.45) is 1.62. The maximum atomic E-state index is 10.8. The Hall–Kier alpha value is -0.770.